The minimum Gasteiger partial charge on any atom is -0.318 e. The van der Waals surface area contributed by atoms with Gasteiger partial charge in [-0.3, -0.25) is 14.5 Å². The molecule has 1 saturated heterocycles. The van der Waals surface area contributed by atoms with Gasteiger partial charge in [0, 0.05) is 12.2 Å². The van der Waals surface area contributed by atoms with Crippen molar-refractivity contribution in [2.24, 2.45) is 0 Å². The van der Waals surface area contributed by atoms with Crippen molar-refractivity contribution in [3.8, 4) is 0 Å². The summed E-state index contributed by atoms with van der Waals surface area (Å²) >= 11 is 1.00. The Balaban J connectivity index is 1.58. The number of amides is 4. The number of thioether (sulfide) groups is 1. The summed E-state index contributed by atoms with van der Waals surface area (Å²) in [5.74, 6) is -0.305. The fourth-order valence-electron chi connectivity index (χ4n) is 2.49. The maximum absolute atomic E-state index is 13.2. The van der Waals surface area contributed by atoms with Crippen LogP contribution < -0.4 is 5.32 Å². The van der Waals surface area contributed by atoms with Crippen molar-refractivity contribution in [1.82, 2.24) is 9.80 Å². The molecule has 0 aliphatic carbocycles. The van der Waals surface area contributed by atoms with Gasteiger partial charge in [-0.2, -0.15) is 0 Å². The van der Waals surface area contributed by atoms with Crippen molar-refractivity contribution >= 4 is 34.6 Å². The molecule has 0 aromatic heterocycles. The molecule has 0 unspecified atom stereocenters. The van der Waals surface area contributed by atoms with Gasteiger partial charge in [0.15, 0.2) is 0 Å². The van der Waals surface area contributed by atoms with Crippen molar-refractivity contribution in [3.05, 3.63) is 41.7 Å². The predicted octanol–water partition coefficient (Wildman–Crippen LogP) is 2.97. The largest absolute Gasteiger partial charge is 0.322 e. The van der Waals surface area contributed by atoms with Crippen molar-refractivity contribution in [2.75, 3.05) is 24.2 Å². The van der Waals surface area contributed by atoms with Gasteiger partial charge in [0.25, 0.3) is 5.24 Å². The number of halogens is 1. The lowest BCUT2D eigenvalue weighted by Crippen LogP contribution is -2.38. The lowest BCUT2D eigenvalue weighted by molar-refractivity contribution is -0.125. The number of nitrogens with zero attached hydrogens (tertiary/aromatic N) is 2. The van der Waals surface area contributed by atoms with Crippen LogP contribution in [-0.2, 0) is 11.3 Å². The summed E-state index contributed by atoms with van der Waals surface area (Å²) in [5, 5.41) is 2.47. The van der Waals surface area contributed by atoms with Crippen molar-refractivity contribution in [2.45, 2.75) is 13.0 Å². The standard InChI is InChI=1S/C16H16FN3O3S/c17-12-2-1-7-19(9-12)15(22)18-13-5-3-11(4-6-13)8-20-14(21)10-24-16(20)23/h2-6H,1,7-10H2,(H,18,22). The van der Waals surface area contributed by atoms with Crippen molar-refractivity contribution in [1.29, 1.82) is 0 Å². The van der Waals surface area contributed by atoms with E-state index in [0.717, 1.165) is 17.3 Å². The molecule has 1 N–H and O–H groups in total. The molecule has 8 heteroatoms. The summed E-state index contributed by atoms with van der Waals surface area (Å²) in [6, 6.07) is 6.53. The molecule has 24 heavy (non-hydrogen) atoms. The third-order valence-electron chi connectivity index (χ3n) is 3.78. The van der Waals surface area contributed by atoms with E-state index in [9.17, 15) is 18.8 Å². The van der Waals surface area contributed by atoms with E-state index < -0.39 is 0 Å². The Morgan fingerprint density at radius 3 is 2.62 bits per heavy atom. The van der Waals surface area contributed by atoms with Gasteiger partial charge < -0.3 is 10.2 Å². The number of nitrogens with one attached hydrogen (secondary N) is 1. The smallest absolute Gasteiger partial charge is 0.318 e. The lowest BCUT2D eigenvalue weighted by Gasteiger charge is -2.24. The fourth-order valence-corrected chi connectivity index (χ4v) is 3.21. The zero-order valence-electron chi connectivity index (χ0n) is 12.8. The highest BCUT2D eigenvalue weighted by Crippen LogP contribution is 2.22. The number of urea groups is 1. The zero-order valence-corrected chi connectivity index (χ0v) is 13.6. The molecule has 0 spiro atoms. The Morgan fingerprint density at radius 1 is 1.25 bits per heavy atom. The Labute approximate surface area is 142 Å². The van der Waals surface area contributed by atoms with Gasteiger partial charge in [-0.05, 0) is 30.2 Å². The maximum Gasteiger partial charge on any atom is 0.322 e. The van der Waals surface area contributed by atoms with Crippen LogP contribution in [0.1, 0.15) is 12.0 Å². The molecular formula is C16H16FN3O3S. The van der Waals surface area contributed by atoms with Gasteiger partial charge in [0.05, 0.1) is 18.8 Å². The minimum absolute atomic E-state index is 0.0131. The Bertz CT molecular complexity index is 689. The number of rotatable bonds is 3. The molecule has 0 radical (unpaired) electrons. The van der Waals surface area contributed by atoms with E-state index in [2.05, 4.69) is 5.32 Å². The monoisotopic (exact) mass is 349 g/mol. The normalized spacial score (nSPS) is 18.0. The molecule has 2 heterocycles. The molecule has 1 aromatic carbocycles. The van der Waals surface area contributed by atoms with Gasteiger partial charge in [-0.15, -0.1) is 0 Å². The molecule has 2 aliphatic rings. The van der Waals surface area contributed by atoms with E-state index in [-0.39, 0.29) is 41.8 Å². The second-order valence-corrected chi connectivity index (χ2v) is 6.45. The first-order valence-corrected chi connectivity index (χ1v) is 8.48. The van der Waals surface area contributed by atoms with Crippen LogP contribution in [0.15, 0.2) is 36.2 Å². The average Bonchev–Trinajstić information content (AvgIpc) is 2.88. The molecule has 0 saturated carbocycles. The van der Waals surface area contributed by atoms with E-state index in [4.69, 9.17) is 0 Å². The van der Waals surface area contributed by atoms with Crippen LogP contribution in [0.3, 0.4) is 0 Å². The van der Waals surface area contributed by atoms with E-state index in [1.54, 1.807) is 24.3 Å². The van der Waals surface area contributed by atoms with Crippen molar-refractivity contribution < 1.29 is 18.8 Å². The topological polar surface area (TPSA) is 69.7 Å². The SMILES string of the molecule is O=C(Nc1ccc(CN2C(=O)CSC2=O)cc1)N1CCC=C(F)C1. The third kappa shape index (κ3) is 3.76. The second-order valence-electron chi connectivity index (χ2n) is 5.52. The number of benzene rings is 1. The van der Waals surface area contributed by atoms with E-state index >= 15 is 0 Å². The third-order valence-corrected chi connectivity index (χ3v) is 4.64. The van der Waals surface area contributed by atoms with Gasteiger partial charge in [-0.1, -0.05) is 23.9 Å². The van der Waals surface area contributed by atoms with E-state index in [0.29, 0.717) is 18.7 Å². The van der Waals surface area contributed by atoms with Crippen LogP contribution in [0.2, 0.25) is 0 Å². The summed E-state index contributed by atoms with van der Waals surface area (Å²) in [7, 11) is 0. The average molecular weight is 349 g/mol. The number of hydrogen-bond acceptors (Lipinski definition) is 4. The Kier molecular flexibility index (Phi) is 4.84. The number of hydrogen-bond donors (Lipinski definition) is 1. The molecule has 0 atom stereocenters. The van der Waals surface area contributed by atoms with E-state index in [1.807, 2.05) is 0 Å². The minimum atomic E-state index is -0.354. The van der Waals surface area contributed by atoms with Crippen molar-refractivity contribution in [3.63, 3.8) is 0 Å². The quantitative estimate of drug-likeness (QED) is 0.911. The molecule has 1 fully saturated rings. The first-order chi connectivity index (χ1) is 11.5. The maximum atomic E-state index is 13.2. The summed E-state index contributed by atoms with van der Waals surface area (Å²) in [4.78, 5) is 37.9. The lowest BCUT2D eigenvalue weighted by atomic mass is 10.2. The summed E-state index contributed by atoms with van der Waals surface area (Å²) in [6.07, 6.45) is 1.99. The molecule has 1 aromatic rings. The highest BCUT2D eigenvalue weighted by molar-refractivity contribution is 8.14. The molecule has 126 valence electrons. The molecule has 3 rings (SSSR count). The van der Waals surface area contributed by atoms with Crippen LogP contribution in [0.5, 0.6) is 0 Å². The Morgan fingerprint density at radius 2 is 2.00 bits per heavy atom. The molecule has 6 nitrogen and oxygen atoms in total. The Hall–Kier alpha value is -2.35. The van der Waals surface area contributed by atoms with Gasteiger partial charge in [0.2, 0.25) is 5.91 Å². The number of anilines is 1. The predicted molar refractivity (Wildman–Crippen MR) is 89.2 cm³/mol. The first-order valence-electron chi connectivity index (χ1n) is 7.49. The molecule has 0 bridgehead atoms. The number of imide groups is 1. The zero-order chi connectivity index (χ0) is 17.1. The summed E-state index contributed by atoms with van der Waals surface area (Å²) in [6.45, 7) is 0.690. The van der Waals surface area contributed by atoms with Crippen LogP contribution >= 0.6 is 11.8 Å². The second kappa shape index (κ2) is 7.04. The van der Waals surface area contributed by atoms with Crippen LogP contribution in [-0.4, -0.2) is 45.8 Å². The van der Waals surface area contributed by atoms with Gasteiger partial charge in [0.1, 0.15) is 5.83 Å². The molecule has 2 aliphatic heterocycles. The molecular weight excluding hydrogens is 333 g/mol. The number of carbonyl (C=O) groups excluding carboxylic acids is 3. The van der Waals surface area contributed by atoms with Crippen LogP contribution in [0.4, 0.5) is 19.7 Å². The highest BCUT2D eigenvalue weighted by atomic mass is 32.2. The summed E-state index contributed by atoms with van der Waals surface area (Å²) < 4.78 is 13.2. The van der Waals surface area contributed by atoms with Gasteiger partial charge >= 0.3 is 6.03 Å². The van der Waals surface area contributed by atoms with Crippen LogP contribution in [0.25, 0.3) is 0 Å². The van der Waals surface area contributed by atoms with Crippen LogP contribution in [0, 0.1) is 0 Å². The number of carbonyl (C=O) groups is 3. The highest BCUT2D eigenvalue weighted by Gasteiger charge is 2.29. The molecule has 4 amide bonds. The fraction of sp³-hybridized carbons (Fsp3) is 0.312. The van der Waals surface area contributed by atoms with Gasteiger partial charge in [-0.25, -0.2) is 9.18 Å². The first kappa shape index (κ1) is 16.5. The summed E-state index contributed by atoms with van der Waals surface area (Å²) in [5.41, 5.74) is 1.37. The van der Waals surface area contributed by atoms with E-state index in [1.165, 1.54) is 15.9 Å².